The Hall–Kier alpha value is -2.28. The third kappa shape index (κ3) is 4.89. The van der Waals surface area contributed by atoms with Crippen LogP contribution in [0.25, 0.3) is 11.0 Å². The van der Waals surface area contributed by atoms with Gasteiger partial charge < -0.3 is 9.88 Å². The van der Waals surface area contributed by atoms with Crippen molar-refractivity contribution in [2.24, 2.45) is 0 Å². The number of hydrogen-bond donors (Lipinski definition) is 1. The lowest BCUT2D eigenvalue weighted by atomic mass is 9.99. The second kappa shape index (κ2) is 8.84. The van der Waals surface area contributed by atoms with Crippen LogP contribution < -0.4 is 0 Å². The Morgan fingerprint density at radius 3 is 2.50 bits per heavy atom. The summed E-state index contributed by atoms with van der Waals surface area (Å²) in [6.45, 7) is 11.5. The quantitative estimate of drug-likeness (QED) is 0.674. The molecule has 160 valence electrons. The van der Waals surface area contributed by atoms with E-state index in [1.165, 1.54) is 34.4 Å². The lowest BCUT2D eigenvalue weighted by Crippen LogP contribution is -2.44. The molecule has 0 amide bonds. The van der Waals surface area contributed by atoms with E-state index in [4.69, 9.17) is 0 Å². The van der Waals surface area contributed by atoms with Crippen LogP contribution in [0.4, 0.5) is 4.39 Å². The summed E-state index contributed by atoms with van der Waals surface area (Å²) >= 11 is 0. The molecule has 2 aromatic carbocycles. The molecule has 6 heteroatoms. The zero-order chi connectivity index (χ0) is 21.3. The molecule has 1 N–H and O–H groups in total. The molecular formula is C24H32FN5. The van der Waals surface area contributed by atoms with Crippen molar-refractivity contribution in [3.05, 3.63) is 64.2 Å². The monoisotopic (exact) mass is 409 g/mol. The van der Waals surface area contributed by atoms with E-state index in [0.717, 1.165) is 56.1 Å². The smallest absolute Gasteiger partial charge is 0.125 e. The average molecular weight is 410 g/mol. The number of nitrogens with one attached hydrogen (secondary N) is 1. The summed E-state index contributed by atoms with van der Waals surface area (Å²) in [4.78, 5) is 15.0. The summed E-state index contributed by atoms with van der Waals surface area (Å²) in [6, 6.07) is 9.38. The molecule has 0 radical (unpaired) electrons. The van der Waals surface area contributed by atoms with E-state index in [0.29, 0.717) is 6.54 Å². The summed E-state index contributed by atoms with van der Waals surface area (Å²) in [5, 5.41) is 0. The highest BCUT2D eigenvalue weighted by atomic mass is 19.1. The number of aromatic amines is 1. The molecule has 1 aliphatic heterocycles. The fourth-order valence-corrected chi connectivity index (χ4v) is 4.25. The number of fused-ring (bicyclic) bond motifs is 1. The maximum atomic E-state index is 13.4. The number of likely N-dealkylation sites (N-methyl/N-ethyl adjacent to an activating group) is 1. The van der Waals surface area contributed by atoms with Crippen molar-refractivity contribution in [3.63, 3.8) is 0 Å². The summed E-state index contributed by atoms with van der Waals surface area (Å²) < 4.78 is 13.4. The molecule has 0 spiro atoms. The highest BCUT2D eigenvalue weighted by Crippen LogP contribution is 2.21. The Morgan fingerprint density at radius 2 is 1.73 bits per heavy atom. The van der Waals surface area contributed by atoms with Gasteiger partial charge in [-0.1, -0.05) is 12.1 Å². The maximum absolute atomic E-state index is 13.4. The summed E-state index contributed by atoms with van der Waals surface area (Å²) in [5.41, 5.74) is 7.03. The van der Waals surface area contributed by atoms with E-state index in [-0.39, 0.29) is 5.82 Å². The standard InChI is InChI=1S/C24H32FN5/c1-17-11-18(2)20(15-30-9-7-28(3)8-10-30)12-19(17)14-29(4)16-24-26-22-6-5-21(25)13-23(22)27-24/h5-6,11-13H,7-10,14-16H2,1-4H3,(H,26,27). The van der Waals surface area contributed by atoms with Crippen LogP contribution in [-0.4, -0.2) is 64.9 Å². The molecule has 2 heterocycles. The van der Waals surface area contributed by atoms with Gasteiger partial charge in [0, 0.05) is 39.3 Å². The van der Waals surface area contributed by atoms with E-state index in [1.54, 1.807) is 6.07 Å². The minimum Gasteiger partial charge on any atom is -0.341 e. The first-order valence-corrected chi connectivity index (χ1v) is 10.7. The molecule has 1 fully saturated rings. The van der Waals surface area contributed by atoms with Crippen LogP contribution in [0, 0.1) is 19.7 Å². The Morgan fingerprint density at radius 1 is 1.00 bits per heavy atom. The number of nitrogens with zero attached hydrogens (tertiary/aromatic N) is 4. The lowest BCUT2D eigenvalue weighted by molar-refractivity contribution is 0.148. The molecule has 1 aliphatic rings. The molecule has 0 unspecified atom stereocenters. The van der Waals surface area contributed by atoms with Gasteiger partial charge in [0.05, 0.1) is 17.6 Å². The first-order valence-electron chi connectivity index (χ1n) is 10.7. The highest BCUT2D eigenvalue weighted by molar-refractivity contribution is 5.74. The number of aryl methyl sites for hydroxylation is 2. The fourth-order valence-electron chi connectivity index (χ4n) is 4.25. The number of rotatable bonds is 6. The van der Waals surface area contributed by atoms with Crippen molar-refractivity contribution in [2.45, 2.75) is 33.5 Å². The van der Waals surface area contributed by atoms with Crippen molar-refractivity contribution >= 4 is 11.0 Å². The van der Waals surface area contributed by atoms with Gasteiger partial charge in [-0.05, 0) is 68.4 Å². The zero-order valence-corrected chi connectivity index (χ0v) is 18.5. The Kier molecular flexibility index (Phi) is 6.18. The zero-order valence-electron chi connectivity index (χ0n) is 18.5. The van der Waals surface area contributed by atoms with Crippen molar-refractivity contribution in [1.82, 2.24) is 24.7 Å². The van der Waals surface area contributed by atoms with Gasteiger partial charge in [-0.2, -0.15) is 0 Å². The second-order valence-corrected chi connectivity index (χ2v) is 8.80. The largest absolute Gasteiger partial charge is 0.341 e. The predicted molar refractivity (Wildman–Crippen MR) is 120 cm³/mol. The van der Waals surface area contributed by atoms with Gasteiger partial charge in [-0.15, -0.1) is 0 Å². The van der Waals surface area contributed by atoms with Gasteiger partial charge in [-0.3, -0.25) is 9.80 Å². The topological polar surface area (TPSA) is 38.4 Å². The van der Waals surface area contributed by atoms with E-state index in [2.05, 4.69) is 64.7 Å². The number of hydrogen-bond acceptors (Lipinski definition) is 4. The molecule has 5 nitrogen and oxygen atoms in total. The Labute approximate surface area is 178 Å². The van der Waals surface area contributed by atoms with Gasteiger partial charge in [-0.25, -0.2) is 9.37 Å². The van der Waals surface area contributed by atoms with E-state index < -0.39 is 0 Å². The molecule has 1 saturated heterocycles. The molecule has 1 aromatic heterocycles. The van der Waals surface area contributed by atoms with Crippen LogP contribution in [-0.2, 0) is 19.6 Å². The van der Waals surface area contributed by atoms with Gasteiger partial charge in [0.25, 0.3) is 0 Å². The van der Waals surface area contributed by atoms with Crippen LogP contribution in [0.3, 0.4) is 0 Å². The molecule has 0 bridgehead atoms. The molecule has 30 heavy (non-hydrogen) atoms. The Bertz CT molecular complexity index is 1020. The molecule has 0 atom stereocenters. The molecule has 3 aromatic rings. The van der Waals surface area contributed by atoms with Crippen molar-refractivity contribution in [3.8, 4) is 0 Å². The van der Waals surface area contributed by atoms with E-state index in [1.807, 2.05) is 0 Å². The fraction of sp³-hybridized carbons (Fsp3) is 0.458. The third-order valence-corrected chi connectivity index (χ3v) is 6.14. The molecular weight excluding hydrogens is 377 g/mol. The minimum absolute atomic E-state index is 0.241. The van der Waals surface area contributed by atoms with E-state index >= 15 is 0 Å². The van der Waals surface area contributed by atoms with Crippen LogP contribution in [0.2, 0.25) is 0 Å². The summed E-state index contributed by atoms with van der Waals surface area (Å²) in [6.07, 6.45) is 0. The number of benzene rings is 2. The molecule has 0 aliphatic carbocycles. The van der Waals surface area contributed by atoms with Crippen LogP contribution in [0.5, 0.6) is 0 Å². The summed E-state index contributed by atoms with van der Waals surface area (Å²) in [7, 11) is 4.30. The highest BCUT2D eigenvalue weighted by Gasteiger charge is 2.16. The molecule has 4 rings (SSSR count). The van der Waals surface area contributed by atoms with Gasteiger partial charge in [0.1, 0.15) is 11.6 Å². The predicted octanol–water partition coefficient (Wildman–Crippen LogP) is 3.70. The number of piperazine rings is 1. The lowest BCUT2D eigenvalue weighted by Gasteiger charge is -2.33. The van der Waals surface area contributed by atoms with Crippen LogP contribution in [0.15, 0.2) is 30.3 Å². The SMILES string of the molecule is Cc1cc(C)c(CN2CCN(C)CC2)cc1CN(C)Cc1nc2ccc(F)cc2[nH]1. The maximum Gasteiger partial charge on any atom is 0.125 e. The van der Waals surface area contributed by atoms with Gasteiger partial charge in [0.15, 0.2) is 0 Å². The number of aromatic nitrogens is 2. The van der Waals surface area contributed by atoms with Crippen LogP contribution >= 0.6 is 0 Å². The van der Waals surface area contributed by atoms with Crippen molar-refractivity contribution < 1.29 is 4.39 Å². The normalized spacial score (nSPS) is 16.1. The second-order valence-electron chi connectivity index (χ2n) is 8.80. The van der Waals surface area contributed by atoms with Gasteiger partial charge in [0.2, 0.25) is 0 Å². The molecule has 0 saturated carbocycles. The third-order valence-electron chi connectivity index (χ3n) is 6.14. The minimum atomic E-state index is -0.241. The first-order chi connectivity index (χ1) is 14.4. The summed E-state index contributed by atoms with van der Waals surface area (Å²) in [5.74, 6) is 0.620. The Balaban J connectivity index is 1.44. The van der Waals surface area contributed by atoms with Crippen LogP contribution in [0.1, 0.15) is 28.1 Å². The average Bonchev–Trinajstić information content (AvgIpc) is 3.08. The number of H-pyrrole nitrogens is 1. The number of imidazole rings is 1. The van der Waals surface area contributed by atoms with Gasteiger partial charge >= 0.3 is 0 Å². The first kappa shape index (κ1) is 21.0. The van der Waals surface area contributed by atoms with Crippen molar-refractivity contribution in [2.75, 3.05) is 40.3 Å². The van der Waals surface area contributed by atoms with Crippen molar-refractivity contribution in [1.29, 1.82) is 0 Å². The van der Waals surface area contributed by atoms with E-state index in [9.17, 15) is 4.39 Å². The number of halogens is 1.